The molecule has 9 nitrogen and oxygen atoms in total. The fraction of sp³-hybridized carbons (Fsp3) is 0.267. The summed E-state index contributed by atoms with van der Waals surface area (Å²) in [4.78, 5) is 44.4. The first-order valence-electron chi connectivity index (χ1n) is 13.1. The molecule has 212 valence electrons. The molecule has 0 spiro atoms. The number of carbonyl (C=O) groups excluding carboxylic acids is 2. The van der Waals surface area contributed by atoms with E-state index in [1.807, 2.05) is 24.3 Å². The van der Waals surface area contributed by atoms with Crippen LogP contribution in [0.1, 0.15) is 62.9 Å². The molecule has 4 aromatic rings. The highest BCUT2D eigenvalue weighted by molar-refractivity contribution is 6.40. The highest BCUT2D eigenvalue weighted by atomic mass is 35.5. The molecule has 3 heterocycles. The molecule has 1 aliphatic heterocycles. The molecule has 11 heteroatoms. The summed E-state index contributed by atoms with van der Waals surface area (Å²) in [6.07, 6.45) is 3.70. The lowest BCUT2D eigenvalue weighted by Crippen LogP contribution is -2.42. The number of hydrogen-bond donors (Lipinski definition) is 3. The van der Waals surface area contributed by atoms with E-state index in [9.17, 15) is 24.6 Å². The van der Waals surface area contributed by atoms with Gasteiger partial charge in [0.15, 0.2) is 11.4 Å². The number of carboxylic acids is 1. The zero-order valence-electron chi connectivity index (χ0n) is 22.4. The number of carbonyl (C=O) groups is 3. The van der Waals surface area contributed by atoms with Crippen molar-refractivity contribution in [3.8, 4) is 5.75 Å². The smallest absolute Gasteiger partial charge is 0.326 e. The minimum atomic E-state index is -1.19. The summed E-state index contributed by atoms with van der Waals surface area (Å²) in [6.45, 7) is 4.61. The van der Waals surface area contributed by atoms with Gasteiger partial charge in [0.25, 0.3) is 11.8 Å². The molecule has 1 atom stereocenters. The number of aromatic hydroxyl groups is 1. The van der Waals surface area contributed by atoms with E-state index < -0.39 is 17.9 Å². The first-order valence-corrected chi connectivity index (χ1v) is 13.9. The van der Waals surface area contributed by atoms with Gasteiger partial charge >= 0.3 is 5.97 Å². The molecule has 0 bridgehead atoms. The number of carboxylic acid groups (broad SMARTS) is 1. The number of nitrogens with zero attached hydrogens (tertiary/aromatic N) is 3. The fourth-order valence-corrected chi connectivity index (χ4v) is 5.81. The van der Waals surface area contributed by atoms with Crippen LogP contribution in [-0.4, -0.2) is 54.9 Å². The minimum Gasteiger partial charge on any atom is -0.504 e. The van der Waals surface area contributed by atoms with Crippen molar-refractivity contribution >= 4 is 46.6 Å². The molecule has 5 rings (SSSR count). The van der Waals surface area contributed by atoms with Crippen LogP contribution in [0.3, 0.4) is 0 Å². The Kier molecular flexibility index (Phi) is 7.93. The molecular weight excluding hydrogens is 567 g/mol. The van der Waals surface area contributed by atoms with Crippen LogP contribution in [0.2, 0.25) is 10.0 Å². The Balaban J connectivity index is 1.34. The van der Waals surface area contributed by atoms with E-state index in [0.717, 1.165) is 11.1 Å². The van der Waals surface area contributed by atoms with Crippen LogP contribution in [0.25, 0.3) is 5.65 Å². The van der Waals surface area contributed by atoms with Crippen molar-refractivity contribution in [2.75, 3.05) is 6.54 Å². The van der Waals surface area contributed by atoms with E-state index in [4.69, 9.17) is 23.2 Å². The average Bonchev–Trinajstić information content (AvgIpc) is 3.38. The second-order valence-electron chi connectivity index (χ2n) is 10.4. The van der Waals surface area contributed by atoms with Crippen molar-refractivity contribution < 1.29 is 24.6 Å². The van der Waals surface area contributed by atoms with Gasteiger partial charge in [0.05, 0.1) is 15.6 Å². The maximum atomic E-state index is 13.3. The van der Waals surface area contributed by atoms with Crippen molar-refractivity contribution in [2.24, 2.45) is 0 Å². The van der Waals surface area contributed by atoms with E-state index in [1.165, 1.54) is 6.07 Å². The highest BCUT2D eigenvalue weighted by Gasteiger charge is 2.30. The normalized spacial score (nSPS) is 13.7. The Morgan fingerprint density at radius 3 is 2.61 bits per heavy atom. The largest absolute Gasteiger partial charge is 0.504 e. The van der Waals surface area contributed by atoms with Crippen LogP contribution in [0.5, 0.6) is 5.75 Å². The number of benzene rings is 2. The van der Waals surface area contributed by atoms with Crippen molar-refractivity contribution in [3.63, 3.8) is 0 Å². The van der Waals surface area contributed by atoms with Crippen LogP contribution in [0.15, 0.2) is 54.9 Å². The van der Waals surface area contributed by atoms with Gasteiger partial charge in [-0.3, -0.25) is 9.59 Å². The van der Waals surface area contributed by atoms with Gasteiger partial charge in [-0.2, -0.15) is 0 Å². The Hall–Kier alpha value is -4.08. The van der Waals surface area contributed by atoms with E-state index in [-0.39, 0.29) is 57.5 Å². The number of nitrogens with one attached hydrogen (secondary N) is 1. The van der Waals surface area contributed by atoms with Crippen molar-refractivity contribution in [3.05, 3.63) is 98.4 Å². The number of aromatic nitrogens is 2. The molecule has 0 saturated carbocycles. The van der Waals surface area contributed by atoms with Crippen LogP contribution >= 0.6 is 23.2 Å². The molecule has 3 N–H and O–H groups in total. The number of pyridine rings is 1. The third kappa shape index (κ3) is 5.73. The van der Waals surface area contributed by atoms with E-state index in [2.05, 4.69) is 24.1 Å². The van der Waals surface area contributed by atoms with Crippen molar-refractivity contribution in [1.29, 1.82) is 0 Å². The first kappa shape index (κ1) is 28.4. The first-order chi connectivity index (χ1) is 19.5. The fourth-order valence-electron chi connectivity index (χ4n) is 5.04. The summed E-state index contributed by atoms with van der Waals surface area (Å²) >= 11 is 13.2. The standard InChI is InChI=1S/C30H28Cl2N4O5/c1-16(2)18-6-3-5-17(11-18)12-22(30(40)41)34-28(38)25-21(31)13-19-14-36(10-8-20(19)26(25)32)29(39)23-15-35-9-4-7-24(37)27(35)33-23/h3-7,9,11,13,15-16,22,37H,8,10,12,14H2,1-2H3,(H,34,38)(H,40,41)/t22-/m0/s1. The summed E-state index contributed by atoms with van der Waals surface area (Å²) in [5.74, 6) is -1.93. The van der Waals surface area contributed by atoms with Gasteiger partial charge in [0.2, 0.25) is 0 Å². The number of imidazole rings is 1. The van der Waals surface area contributed by atoms with E-state index in [1.54, 1.807) is 33.8 Å². The average molecular weight is 595 g/mol. The third-order valence-electron chi connectivity index (χ3n) is 7.26. The van der Waals surface area contributed by atoms with Gasteiger partial charge in [0, 0.05) is 31.9 Å². The molecule has 2 aromatic heterocycles. The zero-order valence-corrected chi connectivity index (χ0v) is 23.9. The molecule has 2 amide bonds. The topological polar surface area (TPSA) is 124 Å². The van der Waals surface area contributed by atoms with Gasteiger partial charge in [-0.1, -0.05) is 61.3 Å². The molecule has 2 aromatic carbocycles. The zero-order chi connectivity index (χ0) is 29.4. The second kappa shape index (κ2) is 11.4. The summed E-state index contributed by atoms with van der Waals surface area (Å²) in [5, 5.41) is 22.6. The minimum absolute atomic E-state index is 0.00451. The van der Waals surface area contributed by atoms with Gasteiger partial charge in [-0.15, -0.1) is 0 Å². The summed E-state index contributed by atoms with van der Waals surface area (Å²) in [7, 11) is 0. The quantitative estimate of drug-likeness (QED) is 0.273. The van der Waals surface area contributed by atoms with E-state index in [0.29, 0.717) is 24.1 Å². The van der Waals surface area contributed by atoms with Crippen LogP contribution in [0, 0.1) is 0 Å². The van der Waals surface area contributed by atoms with Crippen LogP contribution in [0.4, 0.5) is 0 Å². The molecule has 0 aliphatic carbocycles. The summed E-state index contributed by atoms with van der Waals surface area (Å²) in [6, 6.07) is 11.2. The van der Waals surface area contributed by atoms with Gasteiger partial charge in [0.1, 0.15) is 11.7 Å². The number of hydrogen-bond acceptors (Lipinski definition) is 5. The Morgan fingerprint density at radius 1 is 1.12 bits per heavy atom. The number of halogens is 2. The maximum absolute atomic E-state index is 13.3. The monoisotopic (exact) mass is 594 g/mol. The number of amides is 2. The van der Waals surface area contributed by atoms with Crippen molar-refractivity contribution in [2.45, 2.75) is 45.2 Å². The lowest BCUT2D eigenvalue weighted by molar-refractivity contribution is -0.139. The predicted molar refractivity (Wildman–Crippen MR) is 155 cm³/mol. The Bertz CT molecular complexity index is 1680. The number of aliphatic carboxylic acids is 1. The predicted octanol–water partition coefficient (Wildman–Crippen LogP) is 5.09. The molecule has 0 saturated heterocycles. The molecule has 0 fully saturated rings. The van der Waals surface area contributed by atoms with Gasteiger partial charge in [-0.05, 0) is 52.8 Å². The van der Waals surface area contributed by atoms with Gasteiger partial charge < -0.3 is 24.8 Å². The lowest BCUT2D eigenvalue weighted by Gasteiger charge is -2.30. The molecule has 0 radical (unpaired) electrons. The number of fused-ring (bicyclic) bond motifs is 2. The lowest BCUT2D eigenvalue weighted by atomic mass is 9.95. The highest BCUT2D eigenvalue weighted by Crippen LogP contribution is 2.35. The second-order valence-corrected chi connectivity index (χ2v) is 11.2. The molecule has 1 aliphatic rings. The Labute approximate surface area is 246 Å². The third-order valence-corrected chi connectivity index (χ3v) is 7.98. The molecule has 0 unspecified atom stereocenters. The van der Waals surface area contributed by atoms with Crippen LogP contribution < -0.4 is 5.32 Å². The molecule has 41 heavy (non-hydrogen) atoms. The molecular formula is C30H28Cl2N4O5. The van der Waals surface area contributed by atoms with Gasteiger partial charge in [-0.25, -0.2) is 9.78 Å². The Morgan fingerprint density at radius 2 is 1.90 bits per heavy atom. The van der Waals surface area contributed by atoms with Crippen LogP contribution in [-0.2, 0) is 24.2 Å². The van der Waals surface area contributed by atoms with E-state index >= 15 is 0 Å². The van der Waals surface area contributed by atoms with Crippen molar-refractivity contribution in [1.82, 2.24) is 19.6 Å². The summed E-state index contributed by atoms with van der Waals surface area (Å²) < 4.78 is 1.57. The maximum Gasteiger partial charge on any atom is 0.326 e. The number of rotatable bonds is 7. The SMILES string of the molecule is CC(C)c1cccc(C[C@H](NC(=O)c2c(Cl)cc3c(c2Cl)CCN(C(=O)c2cn4cccc(O)c4n2)C3)C(=O)O)c1. The summed E-state index contributed by atoms with van der Waals surface area (Å²) in [5.41, 5.74) is 3.69.